The number of benzene rings is 1. The summed E-state index contributed by atoms with van der Waals surface area (Å²) >= 11 is 3.42. The topological polar surface area (TPSA) is 62.6 Å². The third kappa shape index (κ3) is 3.54. The van der Waals surface area contributed by atoms with Crippen molar-refractivity contribution in [3.8, 4) is 0 Å². The van der Waals surface area contributed by atoms with Crippen molar-refractivity contribution < 1.29 is 13.9 Å². The quantitative estimate of drug-likeness (QED) is 0.593. The maximum Gasteiger partial charge on any atom is 0.410 e. The van der Waals surface area contributed by atoms with Crippen LogP contribution in [0.15, 0.2) is 22.7 Å². The van der Waals surface area contributed by atoms with Gasteiger partial charge in [0.1, 0.15) is 16.9 Å². The van der Waals surface area contributed by atoms with E-state index in [1.54, 1.807) is 4.90 Å². The molecule has 4 rings (SSSR count). The van der Waals surface area contributed by atoms with Crippen LogP contribution in [0, 0.1) is 5.82 Å². The lowest BCUT2D eigenvalue weighted by molar-refractivity contribution is 0.0204. The Morgan fingerprint density at radius 1 is 1.30 bits per heavy atom. The number of nitrogens with zero attached hydrogens (tertiary/aromatic N) is 3. The van der Waals surface area contributed by atoms with E-state index in [0.717, 1.165) is 29.7 Å². The molecule has 1 fully saturated rings. The predicted molar refractivity (Wildman–Crippen MR) is 104 cm³/mol. The number of carbonyl (C=O) groups excluding carboxylic acids is 1. The number of nitrogens with one attached hydrogen (secondary N) is 1. The fourth-order valence-corrected chi connectivity index (χ4v) is 4.17. The number of H-pyrrole nitrogens is 1. The van der Waals surface area contributed by atoms with Gasteiger partial charge in [-0.15, -0.1) is 0 Å². The Morgan fingerprint density at radius 2 is 2.00 bits per heavy atom. The number of fused-ring (bicyclic) bond motifs is 3. The van der Waals surface area contributed by atoms with E-state index < -0.39 is 5.60 Å². The summed E-state index contributed by atoms with van der Waals surface area (Å²) in [4.78, 5) is 18.5. The molecule has 1 aliphatic rings. The van der Waals surface area contributed by atoms with E-state index >= 15 is 0 Å². The van der Waals surface area contributed by atoms with Gasteiger partial charge in [-0.3, -0.25) is 5.10 Å². The van der Waals surface area contributed by atoms with Crippen LogP contribution in [0.2, 0.25) is 0 Å². The van der Waals surface area contributed by atoms with E-state index in [1.165, 1.54) is 12.1 Å². The molecule has 3 heterocycles. The molecule has 3 aromatic rings. The molecule has 0 unspecified atom stereocenters. The third-order valence-electron chi connectivity index (χ3n) is 4.81. The van der Waals surface area contributed by atoms with Crippen molar-refractivity contribution in [2.45, 2.75) is 45.1 Å². The number of halogens is 2. The lowest BCUT2D eigenvalue weighted by Gasteiger charge is -2.33. The molecular weight excluding hydrogens is 415 g/mol. The molecule has 1 amide bonds. The zero-order valence-electron chi connectivity index (χ0n) is 15.6. The highest BCUT2D eigenvalue weighted by Crippen LogP contribution is 2.31. The number of piperidine rings is 1. The fourth-order valence-electron chi connectivity index (χ4n) is 3.57. The lowest BCUT2D eigenvalue weighted by Crippen LogP contribution is -2.41. The molecule has 0 atom stereocenters. The molecule has 0 aliphatic carbocycles. The zero-order chi connectivity index (χ0) is 19.3. The van der Waals surface area contributed by atoms with Gasteiger partial charge in [-0.2, -0.15) is 0 Å². The van der Waals surface area contributed by atoms with Crippen LogP contribution in [-0.4, -0.2) is 44.3 Å². The average Bonchev–Trinajstić information content (AvgIpc) is 3.10. The minimum Gasteiger partial charge on any atom is -0.444 e. The van der Waals surface area contributed by atoms with Gasteiger partial charge in [-0.1, -0.05) is 0 Å². The second-order valence-corrected chi connectivity index (χ2v) is 8.87. The van der Waals surface area contributed by atoms with Crippen LogP contribution in [0.3, 0.4) is 0 Å². The van der Waals surface area contributed by atoms with Gasteiger partial charge in [0.25, 0.3) is 0 Å². The smallest absolute Gasteiger partial charge is 0.410 e. The van der Waals surface area contributed by atoms with Crippen molar-refractivity contribution >= 4 is 38.7 Å². The number of ether oxygens (including phenoxy) is 1. The Hall–Kier alpha value is -2.09. The molecule has 1 aliphatic heterocycles. The van der Waals surface area contributed by atoms with Gasteiger partial charge in [0.15, 0.2) is 5.65 Å². The van der Waals surface area contributed by atoms with Crippen molar-refractivity contribution in [3.63, 3.8) is 0 Å². The molecule has 0 saturated carbocycles. The highest BCUT2D eigenvalue weighted by molar-refractivity contribution is 9.10. The van der Waals surface area contributed by atoms with Crippen LogP contribution in [0.5, 0.6) is 0 Å². The number of amides is 1. The second kappa shape index (κ2) is 6.51. The zero-order valence-corrected chi connectivity index (χ0v) is 17.1. The van der Waals surface area contributed by atoms with Crippen LogP contribution in [-0.2, 0) is 4.74 Å². The highest BCUT2D eigenvalue weighted by Gasteiger charge is 2.28. The molecule has 6 nitrogen and oxygen atoms in total. The molecule has 27 heavy (non-hydrogen) atoms. The lowest BCUT2D eigenvalue weighted by atomic mass is 9.94. The minimum absolute atomic E-state index is 0.251. The predicted octanol–water partition coefficient (Wildman–Crippen LogP) is 4.83. The first-order chi connectivity index (χ1) is 12.7. The Labute approximate surface area is 164 Å². The summed E-state index contributed by atoms with van der Waals surface area (Å²) in [6.45, 7) is 6.95. The number of rotatable bonds is 1. The summed E-state index contributed by atoms with van der Waals surface area (Å²) < 4.78 is 21.6. The van der Waals surface area contributed by atoms with E-state index in [0.29, 0.717) is 29.0 Å². The van der Waals surface area contributed by atoms with Gasteiger partial charge in [0.2, 0.25) is 0 Å². The number of likely N-dealkylation sites (tertiary alicyclic amines) is 1. The normalized spacial score (nSPS) is 16.4. The highest BCUT2D eigenvalue weighted by atomic mass is 79.9. The van der Waals surface area contributed by atoms with Crippen molar-refractivity contribution in [1.29, 1.82) is 0 Å². The maximum atomic E-state index is 13.6. The number of carbonyl (C=O) groups is 1. The van der Waals surface area contributed by atoms with E-state index in [1.807, 2.05) is 31.4 Å². The SMILES string of the molecule is CC(C)(C)OC(=O)N1CCC(c2cc3nc4cc(F)cc(Br)c4n3[nH]2)CC1. The average molecular weight is 437 g/mol. The third-order valence-corrected chi connectivity index (χ3v) is 5.41. The van der Waals surface area contributed by atoms with Crippen LogP contribution in [0.4, 0.5) is 9.18 Å². The Kier molecular flexibility index (Phi) is 4.41. The summed E-state index contributed by atoms with van der Waals surface area (Å²) in [5, 5.41) is 3.40. The van der Waals surface area contributed by atoms with E-state index in [9.17, 15) is 9.18 Å². The molecule has 0 bridgehead atoms. The van der Waals surface area contributed by atoms with Gasteiger partial charge in [-0.25, -0.2) is 18.7 Å². The summed E-state index contributed by atoms with van der Waals surface area (Å²) in [5.41, 5.74) is 2.80. The first-order valence-electron chi connectivity index (χ1n) is 9.05. The Bertz CT molecular complexity index is 1010. The van der Waals surface area contributed by atoms with Crippen LogP contribution >= 0.6 is 15.9 Å². The molecule has 1 N–H and O–H groups in total. The number of aromatic nitrogens is 3. The molecule has 0 spiro atoms. The fraction of sp³-hybridized carbons (Fsp3) is 0.474. The summed E-state index contributed by atoms with van der Waals surface area (Å²) in [6.07, 6.45) is 1.46. The van der Waals surface area contributed by atoms with Gasteiger partial charge >= 0.3 is 6.09 Å². The van der Waals surface area contributed by atoms with Gasteiger partial charge in [-0.05, 0) is 55.6 Å². The maximum absolute atomic E-state index is 13.6. The summed E-state index contributed by atoms with van der Waals surface area (Å²) in [7, 11) is 0. The Morgan fingerprint density at radius 3 is 2.67 bits per heavy atom. The Balaban J connectivity index is 1.52. The van der Waals surface area contributed by atoms with Gasteiger partial charge in [0.05, 0.1) is 5.52 Å². The van der Waals surface area contributed by atoms with Crippen molar-refractivity contribution in [2.75, 3.05) is 13.1 Å². The van der Waals surface area contributed by atoms with Crippen LogP contribution in [0.25, 0.3) is 16.7 Å². The van der Waals surface area contributed by atoms with E-state index in [-0.39, 0.29) is 11.9 Å². The molecule has 1 saturated heterocycles. The molecule has 2 aromatic heterocycles. The molecule has 0 radical (unpaired) electrons. The van der Waals surface area contributed by atoms with Gasteiger partial charge in [0, 0.05) is 41.3 Å². The molecule has 144 valence electrons. The van der Waals surface area contributed by atoms with E-state index in [2.05, 4.69) is 26.0 Å². The van der Waals surface area contributed by atoms with E-state index in [4.69, 9.17) is 4.74 Å². The van der Waals surface area contributed by atoms with Crippen molar-refractivity contribution in [2.24, 2.45) is 0 Å². The minimum atomic E-state index is -0.480. The first-order valence-corrected chi connectivity index (χ1v) is 9.84. The number of aromatic amines is 1. The van der Waals surface area contributed by atoms with Crippen LogP contribution in [0.1, 0.15) is 45.2 Å². The number of hydrogen-bond acceptors (Lipinski definition) is 3. The summed E-state index contributed by atoms with van der Waals surface area (Å²) in [5.74, 6) is 0.00419. The largest absolute Gasteiger partial charge is 0.444 e. The number of imidazole rings is 1. The van der Waals surface area contributed by atoms with Crippen LogP contribution < -0.4 is 0 Å². The molecule has 8 heteroatoms. The number of hydrogen-bond donors (Lipinski definition) is 1. The van der Waals surface area contributed by atoms with Crippen molar-refractivity contribution in [1.82, 2.24) is 19.5 Å². The monoisotopic (exact) mass is 436 g/mol. The van der Waals surface area contributed by atoms with Crippen molar-refractivity contribution in [3.05, 3.63) is 34.2 Å². The summed E-state index contributed by atoms with van der Waals surface area (Å²) in [6, 6.07) is 4.88. The first kappa shape index (κ1) is 18.3. The molecule has 1 aromatic carbocycles. The molecular formula is C19H22BrFN4O2. The second-order valence-electron chi connectivity index (χ2n) is 8.01. The standard InChI is InChI=1S/C19H22BrFN4O2/c1-19(2,3)27-18(26)24-6-4-11(5-7-24)14-10-16-22-15-9-12(21)8-13(20)17(15)25(16)23-14/h8-11,23H,4-7H2,1-3H3. The van der Waals surface area contributed by atoms with Gasteiger partial charge < -0.3 is 9.64 Å².